The second-order valence-electron chi connectivity index (χ2n) is 7.64. The molecule has 0 atom stereocenters. The summed E-state index contributed by atoms with van der Waals surface area (Å²) in [5, 5.41) is 12.2. The highest BCUT2D eigenvalue weighted by Gasteiger charge is 2.14. The number of thioether (sulfide) groups is 1. The molecule has 2 aromatic heterocycles. The van der Waals surface area contributed by atoms with Crippen LogP contribution in [-0.4, -0.2) is 30.5 Å². The molecule has 8 nitrogen and oxygen atoms in total. The molecule has 0 fully saturated rings. The van der Waals surface area contributed by atoms with Gasteiger partial charge in [0.2, 0.25) is 5.91 Å². The minimum atomic E-state index is -0.203. The lowest BCUT2D eigenvalue weighted by atomic mass is 10.2. The van der Waals surface area contributed by atoms with Gasteiger partial charge in [-0.05, 0) is 48.5 Å². The van der Waals surface area contributed by atoms with Gasteiger partial charge in [0, 0.05) is 22.1 Å². The Morgan fingerprint density at radius 2 is 1.71 bits per heavy atom. The van der Waals surface area contributed by atoms with E-state index in [1.165, 1.54) is 16.4 Å². The molecule has 0 unspecified atom stereocenters. The first-order valence-electron chi connectivity index (χ1n) is 10.7. The van der Waals surface area contributed by atoms with Crippen LogP contribution >= 0.6 is 27.7 Å². The van der Waals surface area contributed by atoms with Crippen molar-refractivity contribution in [2.24, 2.45) is 0 Å². The van der Waals surface area contributed by atoms with E-state index in [0.29, 0.717) is 33.2 Å². The molecule has 5 rings (SSSR count). The molecular formula is C25H19BrN6O2S. The number of nitrogens with one attached hydrogen (secondary N) is 1. The molecule has 10 heteroatoms. The molecule has 174 valence electrons. The average Bonchev–Trinajstić information content (AvgIpc) is 3.32. The first kappa shape index (κ1) is 23.0. The van der Waals surface area contributed by atoms with Gasteiger partial charge in [0.25, 0.3) is 5.56 Å². The maximum atomic E-state index is 13.3. The Kier molecular flexibility index (Phi) is 6.73. The number of fused-ring (bicyclic) bond motifs is 1. The van der Waals surface area contributed by atoms with Crippen molar-refractivity contribution in [2.75, 3.05) is 5.32 Å². The zero-order chi connectivity index (χ0) is 24.2. The molecule has 0 aliphatic carbocycles. The molecule has 0 aliphatic rings. The standard InChI is InChI=1S/C25H19BrN6O2S/c26-17-10-12-18(13-11-17)27-23(33)15-31-14-19(29-30-31)16-35-25-28-22-9-5-4-8-21(22)24(34)32(25)20-6-2-1-3-7-20/h1-14H,15-16H2,(H,27,33). The summed E-state index contributed by atoms with van der Waals surface area (Å²) >= 11 is 4.76. The summed E-state index contributed by atoms with van der Waals surface area (Å²) in [4.78, 5) is 30.4. The maximum Gasteiger partial charge on any atom is 0.266 e. The van der Waals surface area contributed by atoms with E-state index in [0.717, 1.165) is 10.2 Å². The van der Waals surface area contributed by atoms with Crippen LogP contribution in [0.5, 0.6) is 0 Å². The first-order valence-corrected chi connectivity index (χ1v) is 12.5. The van der Waals surface area contributed by atoms with Crippen LogP contribution in [0.4, 0.5) is 5.69 Å². The Morgan fingerprint density at radius 3 is 2.51 bits per heavy atom. The van der Waals surface area contributed by atoms with E-state index in [2.05, 4.69) is 31.6 Å². The Morgan fingerprint density at radius 1 is 0.971 bits per heavy atom. The van der Waals surface area contributed by atoms with Crippen molar-refractivity contribution >= 4 is 50.2 Å². The number of hydrogen-bond acceptors (Lipinski definition) is 6. The van der Waals surface area contributed by atoms with E-state index < -0.39 is 0 Å². The smallest absolute Gasteiger partial charge is 0.266 e. The summed E-state index contributed by atoms with van der Waals surface area (Å²) in [6.45, 7) is 0.0384. The number of carbonyl (C=O) groups excluding carboxylic acids is 1. The monoisotopic (exact) mass is 546 g/mol. The zero-order valence-electron chi connectivity index (χ0n) is 18.3. The van der Waals surface area contributed by atoms with Gasteiger partial charge in [-0.2, -0.15) is 0 Å². The highest BCUT2D eigenvalue weighted by molar-refractivity contribution is 9.10. The van der Waals surface area contributed by atoms with E-state index in [4.69, 9.17) is 4.98 Å². The van der Waals surface area contributed by atoms with Gasteiger partial charge >= 0.3 is 0 Å². The second kappa shape index (κ2) is 10.2. The molecule has 1 amide bonds. The molecule has 2 heterocycles. The van der Waals surface area contributed by atoms with Crippen molar-refractivity contribution in [2.45, 2.75) is 17.5 Å². The normalized spacial score (nSPS) is 11.0. The number of nitrogens with zero attached hydrogens (tertiary/aromatic N) is 5. The van der Waals surface area contributed by atoms with Crippen LogP contribution in [-0.2, 0) is 17.1 Å². The number of anilines is 1. The van der Waals surface area contributed by atoms with Crippen molar-refractivity contribution in [3.05, 3.63) is 106 Å². The number of carbonyl (C=O) groups is 1. The number of rotatable bonds is 7. The maximum absolute atomic E-state index is 13.3. The van der Waals surface area contributed by atoms with Crippen LogP contribution in [0.2, 0.25) is 0 Å². The Bertz CT molecular complexity index is 1550. The van der Waals surface area contributed by atoms with Crippen molar-refractivity contribution < 1.29 is 4.79 Å². The van der Waals surface area contributed by atoms with E-state index >= 15 is 0 Å². The van der Waals surface area contributed by atoms with Gasteiger partial charge in [-0.25, -0.2) is 9.67 Å². The fourth-order valence-corrected chi connectivity index (χ4v) is 4.67. The van der Waals surface area contributed by atoms with Crippen molar-refractivity contribution in [3.63, 3.8) is 0 Å². The fourth-order valence-electron chi connectivity index (χ4n) is 3.52. The van der Waals surface area contributed by atoms with Gasteiger partial charge in [0.1, 0.15) is 6.54 Å². The third kappa shape index (κ3) is 5.33. The summed E-state index contributed by atoms with van der Waals surface area (Å²) in [5.74, 6) is 0.233. The molecule has 0 saturated carbocycles. The number of amides is 1. The Balaban J connectivity index is 1.33. The van der Waals surface area contributed by atoms with E-state index in [1.54, 1.807) is 16.8 Å². The van der Waals surface area contributed by atoms with Gasteiger partial charge in [0.15, 0.2) is 5.16 Å². The number of aromatic nitrogens is 5. The van der Waals surface area contributed by atoms with Gasteiger partial charge in [0.05, 0.1) is 22.3 Å². The molecule has 1 N–H and O–H groups in total. The van der Waals surface area contributed by atoms with Crippen LogP contribution < -0.4 is 10.9 Å². The number of hydrogen-bond donors (Lipinski definition) is 1. The SMILES string of the molecule is O=C(Cn1cc(CSc2nc3ccccc3c(=O)n2-c2ccccc2)nn1)Nc1ccc(Br)cc1. The third-order valence-electron chi connectivity index (χ3n) is 5.13. The summed E-state index contributed by atoms with van der Waals surface area (Å²) in [7, 11) is 0. The van der Waals surface area contributed by atoms with Gasteiger partial charge < -0.3 is 5.32 Å². The summed E-state index contributed by atoms with van der Waals surface area (Å²) < 4.78 is 4.04. The highest BCUT2D eigenvalue weighted by Crippen LogP contribution is 2.24. The lowest BCUT2D eigenvalue weighted by Crippen LogP contribution is -2.21. The second-order valence-corrected chi connectivity index (χ2v) is 9.50. The van der Waals surface area contributed by atoms with Crippen LogP contribution in [0, 0.1) is 0 Å². The highest BCUT2D eigenvalue weighted by atomic mass is 79.9. The predicted octanol–water partition coefficient (Wildman–Crippen LogP) is 4.67. The number of para-hydroxylation sites is 2. The van der Waals surface area contributed by atoms with E-state index in [-0.39, 0.29) is 18.0 Å². The van der Waals surface area contributed by atoms with Gasteiger partial charge in [-0.1, -0.05) is 63.2 Å². The molecule has 0 radical (unpaired) electrons. The van der Waals surface area contributed by atoms with E-state index in [1.807, 2.05) is 72.8 Å². The minimum absolute atomic E-state index is 0.0384. The van der Waals surface area contributed by atoms with Crippen molar-refractivity contribution in [1.82, 2.24) is 24.5 Å². The Labute approximate surface area is 213 Å². The molecule has 35 heavy (non-hydrogen) atoms. The third-order valence-corrected chi connectivity index (χ3v) is 6.63. The molecular weight excluding hydrogens is 528 g/mol. The van der Waals surface area contributed by atoms with Crippen LogP contribution in [0.15, 0.2) is 99.5 Å². The van der Waals surface area contributed by atoms with Crippen molar-refractivity contribution in [3.8, 4) is 5.69 Å². The lowest BCUT2D eigenvalue weighted by molar-refractivity contribution is -0.116. The molecule has 0 spiro atoms. The minimum Gasteiger partial charge on any atom is -0.324 e. The molecule has 0 aliphatic heterocycles. The molecule has 0 saturated heterocycles. The van der Waals surface area contributed by atoms with Crippen LogP contribution in [0.25, 0.3) is 16.6 Å². The van der Waals surface area contributed by atoms with Gasteiger partial charge in [-0.15, -0.1) is 5.10 Å². The average molecular weight is 547 g/mol. The molecule has 0 bridgehead atoms. The van der Waals surface area contributed by atoms with Crippen LogP contribution in [0.1, 0.15) is 5.69 Å². The van der Waals surface area contributed by atoms with E-state index in [9.17, 15) is 9.59 Å². The number of benzene rings is 3. The van der Waals surface area contributed by atoms with Gasteiger partial charge in [-0.3, -0.25) is 14.2 Å². The first-order chi connectivity index (χ1) is 17.1. The van der Waals surface area contributed by atoms with Crippen LogP contribution in [0.3, 0.4) is 0 Å². The predicted molar refractivity (Wildman–Crippen MR) is 140 cm³/mol. The van der Waals surface area contributed by atoms with Crippen molar-refractivity contribution in [1.29, 1.82) is 0 Å². The Hall–Kier alpha value is -3.76. The molecule has 5 aromatic rings. The zero-order valence-corrected chi connectivity index (χ0v) is 20.7. The topological polar surface area (TPSA) is 94.7 Å². The quantitative estimate of drug-likeness (QED) is 0.235. The fraction of sp³-hybridized carbons (Fsp3) is 0.0800. The summed E-state index contributed by atoms with van der Waals surface area (Å²) in [6.07, 6.45) is 1.72. The largest absolute Gasteiger partial charge is 0.324 e. The number of halogens is 1. The summed E-state index contributed by atoms with van der Waals surface area (Å²) in [6, 6.07) is 24.1. The molecule has 3 aromatic carbocycles. The summed E-state index contributed by atoms with van der Waals surface area (Å²) in [5.41, 5.74) is 2.63. The lowest BCUT2D eigenvalue weighted by Gasteiger charge is -2.12.